The smallest absolute Gasteiger partial charge is 0.323 e. The summed E-state index contributed by atoms with van der Waals surface area (Å²) in [4.78, 5) is 11.3. The highest BCUT2D eigenvalue weighted by atomic mass is 16.5. The van der Waals surface area contributed by atoms with Gasteiger partial charge in [-0.05, 0) is 17.0 Å². The van der Waals surface area contributed by atoms with Gasteiger partial charge in [0.1, 0.15) is 6.04 Å². The summed E-state index contributed by atoms with van der Waals surface area (Å²) in [6.07, 6.45) is 0.781. The van der Waals surface area contributed by atoms with E-state index in [1.165, 1.54) is 11.1 Å². The SMILES string of the molecule is CC(C)c1ccc(CNC2CCOC2=O)cc1. The topological polar surface area (TPSA) is 38.3 Å². The Balaban J connectivity index is 1.88. The molecule has 1 unspecified atom stereocenters. The van der Waals surface area contributed by atoms with E-state index in [1.807, 2.05) is 0 Å². The number of hydrogen-bond donors (Lipinski definition) is 1. The summed E-state index contributed by atoms with van der Waals surface area (Å²) in [5.41, 5.74) is 2.54. The number of ether oxygens (including phenoxy) is 1. The van der Waals surface area contributed by atoms with Crippen LogP contribution in [0.4, 0.5) is 0 Å². The highest BCUT2D eigenvalue weighted by Crippen LogP contribution is 2.15. The van der Waals surface area contributed by atoms with E-state index in [2.05, 4.69) is 43.4 Å². The second-order valence-electron chi connectivity index (χ2n) is 4.79. The fourth-order valence-electron chi connectivity index (χ4n) is 1.94. The summed E-state index contributed by atoms with van der Waals surface area (Å²) in [6.45, 7) is 5.63. The molecule has 1 aliphatic heterocycles. The summed E-state index contributed by atoms with van der Waals surface area (Å²) in [6, 6.07) is 8.40. The second kappa shape index (κ2) is 5.32. The van der Waals surface area contributed by atoms with Crippen LogP contribution in [-0.4, -0.2) is 18.6 Å². The quantitative estimate of drug-likeness (QED) is 0.810. The summed E-state index contributed by atoms with van der Waals surface area (Å²) in [7, 11) is 0. The van der Waals surface area contributed by atoms with Crippen molar-refractivity contribution < 1.29 is 9.53 Å². The van der Waals surface area contributed by atoms with Crippen molar-refractivity contribution in [3.8, 4) is 0 Å². The van der Waals surface area contributed by atoms with E-state index in [4.69, 9.17) is 4.74 Å². The van der Waals surface area contributed by atoms with Gasteiger partial charge in [0.15, 0.2) is 0 Å². The first kappa shape index (κ1) is 12.1. The van der Waals surface area contributed by atoms with Crippen LogP contribution in [0, 0.1) is 0 Å². The van der Waals surface area contributed by atoms with Crippen LogP contribution >= 0.6 is 0 Å². The van der Waals surface area contributed by atoms with Gasteiger partial charge in [0.05, 0.1) is 6.61 Å². The summed E-state index contributed by atoms with van der Waals surface area (Å²) >= 11 is 0. The van der Waals surface area contributed by atoms with Crippen molar-refractivity contribution in [1.29, 1.82) is 0 Å². The molecule has 1 aromatic carbocycles. The van der Waals surface area contributed by atoms with E-state index in [9.17, 15) is 4.79 Å². The Hall–Kier alpha value is -1.35. The van der Waals surface area contributed by atoms with Crippen LogP contribution in [0.2, 0.25) is 0 Å². The van der Waals surface area contributed by atoms with Gasteiger partial charge in [0, 0.05) is 13.0 Å². The molecule has 0 aliphatic carbocycles. The highest BCUT2D eigenvalue weighted by Gasteiger charge is 2.25. The molecule has 1 saturated heterocycles. The zero-order chi connectivity index (χ0) is 12.3. The van der Waals surface area contributed by atoms with Crippen molar-refractivity contribution in [2.75, 3.05) is 6.61 Å². The minimum Gasteiger partial charge on any atom is -0.464 e. The van der Waals surface area contributed by atoms with Gasteiger partial charge < -0.3 is 10.1 Å². The van der Waals surface area contributed by atoms with E-state index in [-0.39, 0.29) is 12.0 Å². The van der Waals surface area contributed by atoms with Gasteiger partial charge in [-0.3, -0.25) is 4.79 Å². The number of nitrogens with one attached hydrogen (secondary N) is 1. The predicted molar refractivity (Wildman–Crippen MR) is 66.7 cm³/mol. The Morgan fingerprint density at radius 3 is 2.59 bits per heavy atom. The maximum Gasteiger partial charge on any atom is 0.323 e. The summed E-state index contributed by atoms with van der Waals surface area (Å²) in [5.74, 6) is 0.436. The maximum absolute atomic E-state index is 11.3. The number of carbonyl (C=O) groups excluding carboxylic acids is 1. The molecule has 0 saturated carbocycles. The van der Waals surface area contributed by atoms with E-state index in [0.717, 1.165) is 13.0 Å². The second-order valence-corrected chi connectivity index (χ2v) is 4.79. The molecular weight excluding hydrogens is 214 g/mol. The van der Waals surface area contributed by atoms with Gasteiger partial charge in [-0.1, -0.05) is 38.1 Å². The molecule has 0 radical (unpaired) electrons. The van der Waals surface area contributed by atoms with Crippen molar-refractivity contribution >= 4 is 5.97 Å². The molecule has 1 aromatic rings. The molecule has 2 rings (SSSR count). The Morgan fingerprint density at radius 2 is 2.06 bits per heavy atom. The Bertz CT molecular complexity index is 384. The van der Waals surface area contributed by atoms with Crippen LogP contribution in [0.5, 0.6) is 0 Å². The van der Waals surface area contributed by atoms with Crippen molar-refractivity contribution in [3.05, 3.63) is 35.4 Å². The molecule has 1 N–H and O–H groups in total. The van der Waals surface area contributed by atoms with Crippen molar-refractivity contribution in [2.45, 2.75) is 38.8 Å². The number of hydrogen-bond acceptors (Lipinski definition) is 3. The number of cyclic esters (lactones) is 1. The Kier molecular flexibility index (Phi) is 3.79. The monoisotopic (exact) mass is 233 g/mol. The van der Waals surface area contributed by atoms with Crippen molar-refractivity contribution in [1.82, 2.24) is 5.32 Å². The molecule has 1 atom stereocenters. The minimum absolute atomic E-state index is 0.121. The number of carbonyl (C=O) groups is 1. The molecule has 0 aromatic heterocycles. The lowest BCUT2D eigenvalue weighted by atomic mass is 10.0. The standard InChI is InChI=1S/C14H19NO2/c1-10(2)12-5-3-11(4-6-12)9-15-13-7-8-17-14(13)16/h3-6,10,13,15H,7-9H2,1-2H3. The zero-order valence-corrected chi connectivity index (χ0v) is 10.4. The Morgan fingerprint density at radius 1 is 1.35 bits per heavy atom. The van der Waals surface area contributed by atoms with Crippen LogP contribution in [0.15, 0.2) is 24.3 Å². The number of rotatable bonds is 4. The molecule has 3 heteroatoms. The third kappa shape index (κ3) is 3.07. The number of esters is 1. The van der Waals surface area contributed by atoms with E-state index >= 15 is 0 Å². The number of benzene rings is 1. The largest absolute Gasteiger partial charge is 0.464 e. The molecule has 0 amide bonds. The first-order valence-corrected chi connectivity index (χ1v) is 6.15. The molecule has 1 fully saturated rings. The third-order valence-corrected chi connectivity index (χ3v) is 3.13. The maximum atomic E-state index is 11.3. The average molecular weight is 233 g/mol. The zero-order valence-electron chi connectivity index (χ0n) is 10.4. The van der Waals surface area contributed by atoms with E-state index < -0.39 is 0 Å². The normalized spacial score (nSPS) is 19.7. The summed E-state index contributed by atoms with van der Waals surface area (Å²) < 4.78 is 4.90. The lowest BCUT2D eigenvalue weighted by molar-refractivity contribution is -0.139. The lowest BCUT2D eigenvalue weighted by Gasteiger charge is -2.10. The van der Waals surface area contributed by atoms with Crippen LogP contribution in [0.25, 0.3) is 0 Å². The van der Waals surface area contributed by atoms with E-state index in [0.29, 0.717) is 12.5 Å². The van der Waals surface area contributed by atoms with Crippen molar-refractivity contribution in [2.24, 2.45) is 0 Å². The van der Waals surface area contributed by atoms with Gasteiger partial charge in [-0.2, -0.15) is 0 Å². The average Bonchev–Trinajstić information content (AvgIpc) is 2.73. The molecule has 3 nitrogen and oxygen atoms in total. The fourth-order valence-corrected chi connectivity index (χ4v) is 1.94. The van der Waals surface area contributed by atoms with Crippen LogP contribution in [-0.2, 0) is 16.1 Å². The fraction of sp³-hybridized carbons (Fsp3) is 0.500. The van der Waals surface area contributed by atoms with Crippen LogP contribution in [0.1, 0.15) is 37.3 Å². The molecule has 17 heavy (non-hydrogen) atoms. The highest BCUT2D eigenvalue weighted by molar-refractivity contribution is 5.77. The van der Waals surface area contributed by atoms with Crippen LogP contribution in [0.3, 0.4) is 0 Å². The molecule has 1 aliphatic rings. The van der Waals surface area contributed by atoms with Gasteiger partial charge in [-0.25, -0.2) is 0 Å². The molecular formula is C14H19NO2. The Labute approximate surface area is 102 Å². The summed E-state index contributed by atoms with van der Waals surface area (Å²) in [5, 5.41) is 3.22. The molecule has 0 spiro atoms. The van der Waals surface area contributed by atoms with Crippen molar-refractivity contribution in [3.63, 3.8) is 0 Å². The minimum atomic E-state index is -0.125. The first-order valence-electron chi connectivity index (χ1n) is 6.15. The first-order chi connectivity index (χ1) is 8.16. The van der Waals surface area contributed by atoms with Gasteiger partial charge >= 0.3 is 5.97 Å². The van der Waals surface area contributed by atoms with Crippen LogP contribution < -0.4 is 5.32 Å². The molecule has 1 heterocycles. The molecule has 92 valence electrons. The molecule has 0 bridgehead atoms. The van der Waals surface area contributed by atoms with E-state index in [1.54, 1.807) is 0 Å². The van der Waals surface area contributed by atoms with Gasteiger partial charge in [0.2, 0.25) is 0 Å². The van der Waals surface area contributed by atoms with Gasteiger partial charge in [0.25, 0.3) is 0 Å². The van der Waals surface area contributed by atoms with Gasteiger partial charge in [-0.15, -0.1) is 0 Å². The third-order valence-electron chi connectivity index (χ3n) is 3.13. The predicted octanol–water partition coefficient (Wildman–Crippen LogP) is 2.22. The lowest BCUT2D eigenvalue weighted by Crippen LogP contribution is -2.32.